The van der Waals surface area contributed by atoms with E-state index in [-0.39, 0.29) is 6.04 Å². The van der Waals surface area contributed by atoms with Crippen molar-refractivity contribution in [1.82, 2.24) is 19.8 Å². The maximum absolute atomic E-state index is 12.5. The molecule has 0 bridgehead atoms. The van der Waals surface area contributed by atoms with Crippen LogP contribution in [0.25, 0.3) is 0 Å². The molecule has 1 atom stereocenters. The summed E-state index contributed by atoms with van der Waals surface area (Å²) in [6.07, 6.45) is 1.01. The Labute approximate surface area is 164 Å². The SMILES string of the molecule is CCN(CC)S(=O)(=O)c1ccc([C@H](C)NC(=S)NCCCN(C)C)cc1. The summed E-state index contributed by atoms with van der Waals surface area (Å²) < 4.78 is 26.5. The van der Waals surface area contributed by atoms with Crippen LogP contribution in [-0.4, -0.2) is 63.0 Å². The summed E-state index contributed by atoms with van der Waals surface area (Å²) in [4.78, 5) is 2.45. The van der Waals surface area contributed by atoms with Crippen molar-refractivity contribution in [1.29, 1.82) is 0 Å². The fraction of sp³-hybridized carbons (Fsp3) is 0.611. The summed E-state index contributed by atoms with van der Waals surface area (Å²) >= 11 is 5.32. The van der Waals surface area contributed by atoms with Crippen LogP contribution in [0, 0.1) is 0 Å². The van der Waals surface area contributed by atoms with Crippen molar-refractivity contribution in [2.24, 2.45) is 0 Å². The van der Waals surface area contributed by atoms with Gasteiger partial charge in [-0.25, -0.2) is 8.42 Å². The Balaban J connectivity index is 2.63. The number of rotatable bonds is 10. The minimum Gasteiger partial charge on any atom is -0.363 e. The number of nitrogens with one attached hydrogen (secondary N) is 2. The number of nitrogens with zero attached hydrogens (tertiary/aromatic N) is 2. The van der Waals surface area contributed by atoms with Crippen molar-refractivity contribution in [3.63, 3.8) is 0 Å². The van der Waals surface area contributed by atoms with E-state index >= 15 is 0 Å². The summed E-state index contributed by atoms with van der Waals surface area (Å²) in [5.74, 6) is 0. The quantitative estimate of drug-likeness (QED) is 0.464. The number of benzene rings is 1. The maximum Gasteiger partial charge on any atom is 0.243 e. The third kappa shape index (κ3) is 6.83. The van der Waals surface area contributed by atoms with Gasteiger partial charge < -0.3 is 15.5 Å². The minimum absolute atomic E-state index is 0.00550. The molecule has 0 aliphatic carbocycles. The Morgan fingerprint density at radius 3 is 2.23 bits per heavy atom. The fourth-order valence-corrected chi connectivity index (χ4v) is 4.31. The third-order valence-corrected chi connectivity index (χ3v) is 6.46. The van der Waals surface area contributed by atoms with Crippen molar-refractivity contribution in [2.45, 2.75) is 38.1 Å². The first-order valence-corrected chi connectivity index (χ1v) is 10.9. The van der Waals surface area contributed by atoms with Crippen molar-refractivity contribution in [2.75, 3.05) is 40.3 Å². The second-order valence-corrected chi connectivity index (χ2v) is 8.78. The average molecular weight is 401 g/mol. The van der Waals surface area contributed by atoms with Crippen LogP contribution < -0.4 is 10.6 Å². The summed E-state index contributed by atoms with van der Waals surface area (Å²) in [6, 6.07) is 6.99. The van der Waals surface area contributed by atoms with Crippen LogP contribution >= 0.6 is 12.2 Å². The van der Waals surface area contributed by atoms with Crippen molar-refractivity contribution in [3.05, 3.63) is 29.8 Å². The van der Waals surface area contributed by atoms with Crippen LogP contribution in [0.3, 0.4) is 0 Å². The zero-order valence-corrected chi connectivity index (χ0v) is 18.1. The lowest BCUT2D eigenvalue weighted by atomic mass is 10.1. The van der Waals surface area contributed by atoms with E-state index in [1.165, 1.54) is 4.31 Å². The van der Waals surface area contributed by atoms with Gasteiger partial charge in [0.1, 0.15) is 0 Å². The van der Waals surface area contributed by atoms with Gasteiger partial charge in [0, 0.05) is 19.6 Å². The van der Waals surface area contributed by atoms with Crippen LogP contribution in [-0.2, 0) is 10.0 Å². The van der Waals surface area contributed by atoms with Gasteiger partial charge in [-0.05, 0) is 63.9 Å². The molecule has 1 aromatic rings. The highest BCUT2D eigenvalue weighted by atomic mass is 32.2. The predicted molar refractivity (Wildman–Crippen MR) is 112 cm³/mol. The molecule has 1 rings (SSSR count). The van der Waals surface area contributed by atoms with E-state index in [9.17, 15) is 8.42 Å². The average Bonchev–Trinajstić information content (AvgIpc) is 2.59. The molecular weight excluding hydrogens is 368 g/mol. The van der Waals surface area contributed by atoms with Crippen LogP contribution in [0.5, 0.6) is 0 Å². The van der Waals surface area contributed by atoms with Crippen molar-refractivity contribution >= 4 is 27.4 Å². The first kappa shape index (κ1) is 22.8. The van der Waals surface area contributed by atoms with Crippen LogP contribution in [0.2, 0.25) is 0 Å². The molecule has 0 heterocycles. The molecule has 0 amide bonds. The van der Waals surface area contributed by atoms with Gasteiger partial charge in [0.2, 0.25) is 10.0 Å². The van der Waals surface area contributed by atoms with E-state index in [1.54, 1.807) is 12.1 Å². The van der Waals surface area contributed by atoms with Gasteiger partial charge in [0.25, 0.3) is 0 Å². The van der Waals surface area contributed by atoms with Crippen LogP contribution in [0.1, 0.15) is 38.8 Å². The van der Waals surface area contributed by atoms with E-state index in [0.717, 1.165) is 25.1 Å². The molecule has 2 N–H and O–H groups in total. The molecule has 1 aromatic carbocycles. The van der Waals surface area contributed by atoms with Gasteiger partial charge in [-0.15, -0.1) is 0 Å². The lowest BCUT2D eigenvalue weighted by Gasteiger charge is -2.20. The first-order chi connectivity index (χ1) is 12.2. The Morgan fingerprint density at radius 1 is 1.15 bits per heavy atom. The zero-order valence-electron chi connectivity index (χ0n) is 16.4. The van der Waals surface area contributed by atoms with E-state index < -0.39 is 10.0 Å². The van der Waals surface area contributed by atoms with Crippen molar-refractivity contribution < 1.29 is 8.42 Å². The third-order valence-electron chi connectivity index (χ3n) is 4.14. The van der Waals surface area contributed by atoms with Gasteiger partial charge in [-0.3, -0.25) is 0 Å². The zero-order chi connectivity index (χ0) is 19.7. The molecule has 0 fully saturated rings. The van der Waals surface area contributed by atoms with E-state index in [1.807, 2.05) is 47.0 Å². The number of sulfonamides is 1. The highest BCUT2D eigenvalue weighted by Gasteiger charge is 2.21. The molecular formula is C18H32N4O2S2. The summed E-state index contributed by atoms with van der Waals surface area (Å²) in [5, 5.41) is 7.04. The van der Waals surface area contributed by atoms with Gasteiger partial charge in [0.05, 0.1) is 10.9 Å². The highest BCUT2D eigenvalue weighted by molar-refractivity contribution is 7.89. The molecule has 0 radical (unpaired) electrons. The number of thiocarbonyl (C=S) groups is 1. The molecule has 8 heteroatoms. The highest BCUT2D eigenvalue weighted by Crippen LogP contribution is 2.19. The normalized spacial score (nSPS) is 13.0. The molecule has 26 heavy (non-hydrogen) atoms. The molecule has 148 valence electrons. The summed E-state index contributed by atoms with van der Waals surface area (Å²) in [6.45, 7) is 8.44. The lowest BCUT2D eigenvalue weighted by molar-refractivity contribution is 0.400. The van der Waals surface area contributed by atoms with E-state index in [2.05, 4.69) is 15.5 Å². The molecule has 0 spiro atoms. The minimum atomic E-state index is -3.42. The number of hydrogen-bond donors (Lipinski definition) is 2. The summed E-state index contributed by atoms with van der Waals surface area (Å²) in [7, 11) is 0.671. The van der Waals surface area contributed by atoms with Gasteiger partial charge in [0.15, 0.2) is 5.11 Å². The Kier molecular flexibility index (Phi) is 9.49. The van der Waals surface area contributed by atoms with Gasteiger partial charge in [-0.1, -0.05) is 26.0 Å². The summed E-state index contributed by atoms with van der Waals surface area (Å²) in [5.41, 5.74) is 0.987. The monoisotopic (exact) mass is 400 g/mol. The lowest BCUT2D eigenvalue weighted by Crippen LogP contribution is -2.38. The van der Waals surface area contributed by atoms with Crippen LogP contribution in [0.4, 0.5) is 0 Å². The Bertz CT molecular complexity index is 656. The van der Waals surface area contributed by atoms with Gasteiger partial charge in [-0.2, -0.15) is 4.31 Å². The molecule has 0 unspecified atom stereocenters. The molecule has 0 aliphatic heterocycles. The molecule has 0 saturated carbocycles. The Morgan fingerprint density at radius 2 is 1.73 bits per heavy atom. The smallest absolute Gasteiger partial charge is 0.243 e. The topological polar surface area (TPSA) is 64.7 Å². The second kappa shape index (κ2) is 10.8. The second-order valence-electron chi connectivity index (χ2n) is 6.44. The van der Waals surface area contributed by atoms with Crippen LogP contribution in [0.15, 0.2) is 29.2 Å². The molecule has 6 nitrogen and oxygen atoms in total. The fourth-order valence-electron chi connectivity index (χ4n) is 2.57. The predicted octanol–water partition coefficient (Wildman–Crippen LogP) is 2.19. The van der Waals surface area contributed by atoms with E-state index in [4.69, 9.17) is 12.2 Å². The van der Waals surface area contributed by atoms with E-state index in [0.29, 0.717) is 23.1 Å². The standard InChI is InChI=1S/C18H32N4O2S2/c1-6-22(7-2)26(23,24)17-11-9-16(10-12-17)15(3)20-18(25)19-13-8-14-21(4)5/h9-12,15H,6-8,13-14H2,1-5H3,(H2,19,20,25)/t15-/m0/s1. The Hall–Kier alpha value is -1.22. The molecule has 0 aromatic heterocycles. The maximum atomic E-state index is 12.5. The number of hydrogen-bond acceptors (Lipinski definition) is 4. The van der Waals surface area contributed by atoms with Crippen molar-refractivity contribution in [3.8, 4) is 0 Å². The molecule has 0 saturated heterocycles. The largest absolute Gasteiger partial charge is 0.363 e. The molecule has 0 aliphatic rings. The van der Waals surface area contributed by atoms with Gasteiger partial charge >= 0.3 is 0 Å². The first-order valence-electron chi connectivity index (χ1n) is 9.01.